The van der Waals surface area contributed by atoms with Gasteiger partial charge in [0.05, 0.1) is 0 Å². The zero-order chi connectivity index (χ0) is 16.8. The van der Waals surface area contributed by atoms with Gasteiger partial charge in [0.15, 0.2) is 11.5 Å². The van der Waals surface area contributed by atoms with E-state index in [1.807, 2.05) is 42.5 Å². The molecule has 1 N–H and O–H groups in total. The van der Waals surface area contributed by atoms with Crippen molar-refractivity contribution in [3.05, 3.63) is 59.1 Å². The van der Waals surface area contributed by atoms with Crippen molar-refractivity contribution in [2.45, 2.75) is 11.9 Å². The van der Waals surface area contributed by atoms with E-state index in [4.69, 9.17) is 21.1 Å². The molecule has 2 aromatic rings. The topological polar surface area (TPSA) is 47.6 Å². The van der Waals surface area contributed by atoms with Gasteiger partial charge < -0.3 is 14.8 Å². The highest BCUT2D eigenvalue weighted by Crippen LogP contribution is 2.30. The molecular formula is C18H18ClNO3S. The molecule has 2 aromatic carbocycles. The maximum atomic E-state index is 12.1. The van der Waals surface area contributed by atoms with Crippen molar-refractivity contribution in [2.24, 2.45) is 0 Å². The van der Waals surface area contributed by atoms with Gasteiger partial charge in [-0.1, -0.05) is 41.9 Å². The molecule has 0 bridgehead atoms. The van der Waals surface area contributed by atoms with Crippen molar-refractivity contribution in [2.75, 3.05) is 18.9 Å². The quantitative estimate of drug-likeness (QED) is 0.797. The fourth-order valence-electron chi connectivity index (χ4n) is 2.31. The van der Waals surface area contributed by atoms with E-state index >= 15 is 0 Å². The number of rotatable bonds is 6. The first-order valence-electron chi connectivity index (χ1n) is 7.71. The Morgan fingerprint density at radius 1 is 1.17 bits per heavy atom. The number of carbonyl (C=O) groups is 1. The highest BCUT2D eigenvalue weighted by Gasteiger charge is 2.26. The van der Waals surface area contributed by atoms with Crippen molar-refractivity contribution in [3.8, 4) is 11.5 Å². The Labute approximate surface area is 150 Å². The molecule has 1 aliphatic heterocycles. The van der Waals surface area contributed by atoms with Gasteiger partial charge in [-0.25, -0.2) is 0 Å². The van der Waals surface area contributed by atoms with Crippen LogP contribution in [0.1, 0.15) is 5.56 Å². The van der Waals surface area contributed by atoms with Crippen LogP contribution in [0.5, 0.6) is 11.5 Å². The summed E-state index contributed by atoms with van der Waals surface area (Å²) < 4.78 is 11.2. The van der Waals surface area contributed by atoms with Gasteiger partial charge in [0.1, 0.15) is 6.61 Å². The van der Waals surface area contributed by atoms with Crippen LogP contribution < -0.4 is 14.8 Å². The molecule has 4 nitrogen and oxygen atoms in total. The minimum atomic E-state index is -0.603. The summed E-state index contributed by atoms with van der Waals surface area (Å²) in [6.45, 7) is 0.811. The molecule has 0 radical (unpaired) electrons. The van der Waals surface area contributed by atoms with Crippen LogP contribution in [0.25, 0.3) is 0 Å². The van der Waals surface area contributed by atoms with Crippen LogP contribution in [0.3, 0.4) is 0 Å². The average molecular weight is 364 g/mol. The monoisotopic (exact) mass is 363 g/mol. The molecule has 0 saturated carbocycles. The van der Waals surface area contributed by atoms with E-state index in [9.17, 15) is 4.79 Å². The average Bonchev–Trinajstić information content (AvgIpc) is 2.62. The van der Waals surface area contributed by atoms with E-state index in [0.717, 1.165) is 22.1 Å². The number of fused-ring (bicyclic) bond motifs is 1. The summed E-state index contributed by atoms with van der Waals surface area (Å²) in [4.78, 5) is 12.1. The van der Waals surface area contributed by atoms with Crippen LogP contribution in [0.4, 0.5) is 0 Å². The Balaban J connectivity index is 1.38. The molecule has 126 valence electrons. The van der Waals surface area contributed by atoms with E-state index in [2.05, 4.69) is 5.32 Å². The molecular weight excluding hydrogens is 346 g/mol. The van der Waals surface area contributed by atoms with Crippen molar-refractivity contribution in [3.63, 3.8) is 0 Å². The lowest BCUT2D eigenvalue weighted by Gasteiger charge is -2.25. The molecule has 0 aromatic heterocycles. The Hall–Kier alpha value is -1.85. The van der Waals surface area contributed by atoms with Crippen molar-refractivity contribution in [1.29, 1.82) is 0 Å². The maximum Gasteiger partial charge on any atom is 0.264 e. The number of carbonyl (C=O) groups excluding carboxylic acids is 1. The van der Waals surface area contributed by atoms with Gasteiger partial charge in [-0.2, -0.15) is 11.8 Å². The van der Waals surface area contributed by atoms with Crippen molar-refractivity contribution < 1.29 is 14.3 Å². The van der Waals surface area contributed by atoms with Gasteiger partial charge in [-0.3, -0.25) is 4.79 Å². The Morgan fingerprint density at radius 2 is 1.92 bits per heavy atom. The van der Waals surface area contributed by atoms with Crippen LogP contribution in [0.15, 0.2) is 48.5 Å². The lowest BCUT2D eigenvalue weighted by atomic mass is 10.2. The second kappa shape index (κ2) is 8.31. The third-order valence-corrected chi connectivity index (χ3v) is 4.94. The molecule has 0 spiro atoms. The Kier molecular flexibility index (Phi) is 5.88. The molecule has 3 rings (SSSR count). The zero-order valence-electron chi connectivity index (χ0n) is 13.0. The summed E-state index contributed by atoms with van der Waals surface area (Å²) in [6.07, 6.45) is -0.603. The molecule has 1 aliphatic rings. The molecule has 1 amide bonds. The molecule has 0 aliphatic carbocycles. The third kappa shape index (κ3) is 4.36. The van der Waals surface area contributed by atoms with E-state index in [0.29, 0.717) is 18.0 Å². The molecule has 0 fully saturated rings. The standard InChI is InChI=1S/C18H18ClNO3S/c19-14-6-2-1-5-13(14)12-24-10-9-20-18(21)17-11-22-15-7-3-4-8-16(15)23-17/h1-8,17H,9-12H2,(H,20,21)/t17-/m0/s1. The molecule has 24 heavy (non-hydrogen) atoms. The summed E-state index contributed by atoms with van der Waals surface area (Å²) in [7, 11) is 0. The highest BCUT2D eigenvalue weighted by atomic mass is 35.5. The second-order valence-electron chi connectivity index (χ2n) is 5.30. The second-order valence-corrected chi connectivity index (χ2v) is 6.81. The summed E-state index contributed by atoms with van der Waals surface area (Å²) in [5.41, 5.74) is 1.11. The first kappa shape index (κ1) is 17.0. The molecule has 1 atom stereocenters. The van der Waals surface area contributed by atoms with Gasteiger partial charge in [0.2, 0.25) is 6.10 Å². The number of hydrogen-bond acceptors (Lipinski definition) is 4. The smallest absolute Gasteiger partial charge is 0.264 e. The number of ether oxygens (including phenoxy) is 2. The molecule has 0 unspecified atom stereocenters. The number of halogens is 1. The predicted octanol–water partition coefficient (Wildman–Crippen LogP) is 3.53. The van der Waals surface area contributed by atoms with E-state index in [-0.39, 0.29) is 12.5 Å². The molecule has 6 heteroatoms. The minimum absolute atomic E-state index is 0.150. The zero-order valence-corrected chi connectivity index (χ0v) is 14.6. The van der Waals surface area contributed by atoms with Gasteiger partial charge in [0, 0.05) is 23.1 Å². The van der Waals surface area contributed by atoms with E-state index in [1.54, 1.807) is 17.8 Å². The fourth-order valence-corrected chi connectivity index (χ4v) is 3.45. The number of para-hydroxylation sites is 2. The molecule has 0 saturated heterocycles. The van der Waals surface area contributed by atoms with Crippen molar-refractivity contribution in [1.82, 2.24) is 5.32 Å². The Bertz CT molecular complexity index is 710. The minimum Gasteiger partial charge on any atom is -0.485 e. The van der Waals surface area contributed by atoms with Crippen LogP contribution in [0.2, 0.25) is 5.02 Å². The number of hydrogen-bond donors (Lipinski definition) is 1. The van der Waals surface area contributed by atoms with Gasteiger partial charge >= 0.3 is 0 Å². The Morgan fingerprint density at radius 3 is 2.75 bits per heavy atom. The summed E-state index contributed by atoms with van der Waals surface area (Å²) in [5.74, 6) is 2.77. The normalized spacial score (nSPS) is 15.8. The maximum absolute atomic E-state index is 12.1. The van der Waals surface area contributed by atoms with Crippen molar-refractivity contribution >= 4 is 29.3 Å². The van der Waals surface area contributed by atoms with Crippen LogP contribution >= 0.6 is 23.4 Å². The fraction of sp³-hybridized carbons (Fsp3) is 0.278. The predicted molar refractivity (Wildman–Crippen MR) is 97.0 cm³/mol. The van der Waals surface area contributed by atoms with Gasteiger partial charge in [0.25, 0.3) is 5.91 Å². The summed E-state index contributed by atoms with van der Waals surface area (Å²) in [6, 6.07) is 15.1. The lowest BCUT2D eigenvalue weighted by molar-refractivity contribution is -0.130. The first-order valence-corrected chi connectivity index (χ1v) is 9.24. The van der Waals surface area contributed by atoms with Gasteiger partial charge in [-0.15, -0.1) is 0 Å². The third-order valence-electron chi connectivity index (χ3n) is 3.56. The summed E-state index contributed by atoms with van der Waals surface area (Å²) in [5, 5.41) is 3.66. The van der Waals surface area contributed by atoms with Crippen LogP contribution in [0, 0.1) is 0 Å². The summed E-state index contributed by atoms with van der Waals surface area (Å²) >= 11 is 7.84. The number of thioether (sulfide) groups is 1. The van der Waals surface area contributed by atoms with Crippen LogP contribution in [-0.4, -0.2) is 30.9 Å². The number of amides is 1. The SMILES string of the molecule is O=C(NCCSCc1ccccc1Cl)[C@@H]1COc2ccccc2O1. The number of nitrogens with one attached hydrogen (secondary N) is 1. The van der Waals surface area contributed by atoms with E-state index in [1.165, 1.54) is 0 Å². The largest absolute Gasteiger partial charge is 0.485 e. The highest BCUT2D eigenvalue weighted by molar-refractivity contribution is 7.98. The molecule has 1 heterocycles. The number of benzene rings is 2. The first-order chi connectivity index (χ1) is 11.7. The lowest BCUT2D eigenvalue weighted by Crippen LogP contribution is -2.44. The van der Waals surface area contributed by atoms with Gasteiger partial charge in [-0.05, 0) is 23.8 Å². The van der Waals surface area contributed by atoms with Crippen LogP contribution in [-0.2, 0) is 10.5 Å². The van der Waals surface area contributed by atoms with E-state index < -0.39 is 6.10 Å².